The molecule has 0 saturated carbocycles. The molecule has 0 spiro atoms. The van der Waals surface area contributed by atoms with Crippen LogP contribution in [0.25, 0.3) is 27.5 Å². The molecule has 3 nitrogen and oxygen atoms in total. The number of rotatable bonds is 5. The fraction of sp³-hybridized carbons (Fsp3) is 0.138. The van der Waals surface area contributed by atoms with Crippen LogP contribution in [0.5, 0.6) is 5.75 Å². The van der Waals surface area contributed by atoms with Gasteiger partial charge in [0.05, 0.1) is 0 Å². The van der Waals surface area contributed by atoms with Crippen LogP contribution in [-0.2, 0) is 6.54 Å². The summed E-state index contributed by atoms with van der Waals surface area (Å²) >= 11 is 0.276. The van der Waals surface area contributed by atoms with Gasteiger partial charge in [0, 0.05) is 14.1 Å². The molecule has 1 aliphatic heterocycles. The summed E-state index contributed by atoms with van der Waals surface area (Å²) in [7, 11) is -1.88. The number of anilines is 1. The maximum atomic E-state index is 9.75. The Bertz CT molecular complexity index is 1500. The van der Waals surface area contributed by atoms with E-state index in [1.165, 1.54) is 25.6 Å². The second-order valence-electron chi connectivity index (χ2n) is 8.71. The molecule has 0 amide bonds. The molecular formula is C29H27BF4N2OSe. The molecule has 0 bridgehead atoms. The van der Waals surface area contributed by atoms with Gasteiger partial charge in [-0.2, -0.15) is 0 Å². The summed E-state index contributed by atoms with van der Waals surface area (Å²) in [5.74, 6) is 1.79. The number of nitrogens with zero attached hydrogens (tertiary/aromatic N) is 2. The average molecular weight is 585 g/mol. The third-order valence-electron chi connectivity index (χ3n) is 5.81. The van der Waals surface area contributed by atoms with Gasteiger partial charge in [-0.15, -0.1) is 0 Å². The molecule has 3 aromatic carbocycles. The molecule has 0 aliphatic carbocycles. The molecule has 0 unspecified atom stereocenters. The third-order valence-corrected chi connectivity index (χ3v) is 8.14. The molecule has 9 heteroatoms. The summed E-state index contributed by atoms with van der Waals surface area (Å²) < 4.78 is 50.5. The molecule has 38 heavy (non-hydrogen) atoms. The number of para-hydroxylation sites is 2. The standard InChI is InChI=1S/C29H27N2OSe.BF4/c1-4-31-26-10-6-8-12-28(26)33-29(31)20-24-19-22(25-9-5-7-11-27(25)32-24)16-13-21-14-17-23(18-15-21)30(2)3;2-1(3,4)5/h5-20H,4H2,1-3H3;/q+1;-1. The number of fused-ring (bicyclic) bond motifs is 2. The quantitative estimate of drug-likeness (QED) is 0.141. The zero-order valence-corrected chi connectivity index (χ0v) is 23.0. The maximum Gasteiger partial charge on any atom is 0.673 e. The van der Waals surface area contributed by atoms with E-state index < -0.39 is 7.25 Å². The van der Waals surface area contributed by atoms with Gasteiger partial charge in [0.2, 0.25) is 0 Å². The second-order valence-corrected chi connectivity index (χ2v) is 10.9. The molecule has 1 aliphatic rings. The number of allylic oxidation sites excluding steroid dienone is 3. The zero-order chi connectivity index (χ0) is 27.3. The number of hydrogen-bond acceptors (Lipinski definition) is 2. The van der Waals surface area contributed by atoms with Gasteiger partial charge in [-0.1, -0.05) is 0 Å². The summed E-state index contributed by atoms with van der Waals surface area (Å²) in [6.07, 6.45) is 8.74. The van der Waals surface area contributed by atoms with Crippen LogP contribution in [0.2, 0.25) is 0 Å². The first-order valence-electron chi connectivity index (χ1n) is 12.1. The predicted octanol–water partition coefficient (Wildman–Crippen LogP) is 7.10. The number of halogens is 4. The summed E-state index contributed by atoms with van der Waals surface area (Å²) in [4.78, 5) is 2.11. The summed E-state index contributed by atoms with van der Waals surface area (Å²) in [6.45, 7) is 3.16. The predicted molar refractivity (Wildman–Crippen MR) is 150 cm³/mol. The summed E-state index contributed by atoms with van der Waals surface area (Å²) in [6, 6.07) is 25.6. The molecular weight excluding hydrogens is 558 g/mol. The Morgan fingerprint density at radius 1 is 0.895 bits per heavy atom. The van der Waals surface area contributed by atoms with Gasteiger partial charge < -0.3 is 17.3 Å². The van der Waals surface area contributed by atoms with Crippen molar-refractivity contribution >= 4 is 54.9 Å². The third kappa shape index (κ3) is 7.06. The first-order valence-corrected chi connectivity index (χ1v) is 13.8. The van der Waals surface area contributed by atoms with Crippen LogP contribution in [0.3, 0.4) is 0 Å². The molecule has 0 saturated heterocycles. The van der Waals surface area contributed by atoms with Crippen molar-refractivity contribution in [3.63, 3.8) is 0 Å². The van der Waals surface area contributed by atoms with Crippen molar-refractivity contribution in [2.75, 3.05) is 19.0 Å². The number of aryl methyl sites for hydroxylation is 1. The van der Waals surface area contributed by atoms with Gasteiger partial charge in [0.25, 0.3) is 0 Å². The zero-order valence-electron chi connectivity index (χ0n) is 21.2. The maximum absolute atomic E-state index is 9.75. The van der Waals surface area contributed by atoms with Crippen molar-refractivity contribution in [1.29, 1.82) is 0 Å². The number of ether oxygens (including phenoxy) is 1. The number of aromatic nitrogens is 1. The summed E-state index contributed by atoms with van der Waals surface area (Å²) in [5.41, 5.74) is 5.98. The van der Waals surface area contributed by atoms with Gasteiger partial charge >= 0.3 is 195 Å². The SMILES string of the molecule is CC[n+]1c(C=C2C=C(C=Cc3ccc(N(C)C)cc3)c3ccccc3O2)[se]c2ccccc21.F[B-](F)(F)F. The van der Waals surface area contributed by atoms with Crippen molar-refractivity contribution in [3.8, 4) is 5.75 Å². The van der Waals surface area contributed by atoms with E-state index in [2.05, 4.69) is 115 Å². The molecule has 0 N–H and O–H groups in total. The fourth-order valence-corrected chi connectivity index (χ4v) is 6.52. The Balaban J connectivity index is 0.000000617. The Kier molecular flexibility index (Phi) is 8.60. The molecule has 5 rings (SSSR count). The van der Waals surface area contributed by atoms with Crippen LogP contribution in [0, 0.1) is 0 Å². The van der Waals surface area contributed by atoms with Crippen LogP contribution in [0.1, 0.15) is 22.6 Å². The van der Waals surface area contributed by atoms with Gasteiger partial charge in [0.15, 0.2) is 0 Å². The van der Waals surface area contributed by atoms with Crippen LogP contribution in [0.15, 0.2) is 90.7 Å². The molecule has 0 atom stereocenters. The van der Waals surface area contributed by atoms with Crippen molar-refractivity contribution in [1.82, 2.24) is 0 Å². The molecule has 0 fully saturated rings. The second kappa shape index (κ2) is 11.9. The van der Waals surface area contributed by atoms with Gasteiger partial charge in [-0.05, 0) is 0 Å². The van der Waals surface area contributed by atoms with Crippen molar-refractivity contribution < 1.29 is 26.6 Å². The van der Waals surface area contributed by atoms with Crippen molar-refractivity contribution in [3.05, 3.63) is 106 Å². The Morgan fingerprint density at radius 3 is 2.24 bits per heavy atom. The molecule has 2 heterocycles. The average Bonchev–Trinajstić information content (AvgIpc) is 3.23. The normalized spacial score (nSPS) is 14.1. The van der Waals surface area contributed by atoms with E-state index in [1.54, 1.807) is 0 Å². The van der Waals surface area contributed by atoms with Gasteiger partial charge in [-0.25, -0.2) is 0 Å². The molecule has 1 aromatic heterocycles. The minimum atomic E-state index is -6.00. The Labute approximate surface area is 225 Å². The molecule has 4 aromatic rings. The molecule has 0 radical (unpaired) electrons. The van der Waals surface area contributed by atoms with Crippen LogP contribution < -0.4 is 14.2 Å². The van der Waals surface area contributed by atoms with Crippen molar-refractivity contribution in [2.24, 2.45) is 0 Å². The van der Waals surface area contributed by atoms with E-state index in [-0.39, 0.29) is 14.5 Å². The van der Waals surface area contributed by atoms with E-state index in [4.69, 9.17) is 4.74 Å². The van der Waals surface area contributed by atoms with E-state index in [0.29, 0.717) is 0 Å². The van der Waals surface area contributed by atoms with E-state index in [9.17, 15) is 17.3 Å². The van der Waals surface area contributed by atoms with Crippen LogP contribution >= 0.6 is 0 Å². The Hall–Kier alpha value is -3.55. The monoisotopic (exact) mass is 586 g/mol. The first-order chi connectivity index (χ1) is 18.1. The van der Waals surface area contributed by atoms with Gasteiger partial charge in [-0.3, -0.25) is 0 Å². The minimum absolute atomic E-state index is 0.276. The molecule has 196 valence electrons. The van der Waals surface area contributed by atoms with E-state index in [1.807, 2.05) is 12.1 Å². The van der Waals surface area contributed by atoms with Crippen LogP contribution in [-0.4, -0.2) is 35.9 Å². The van der Waals surface area contributed by atoms with E-state index in [0.717, 1.165) is 29.2 Å². The topological polar surface area (TPSA) is 16.4 Å². The first kappa shape index (κ1) is 27.5. The van der Waals surface area contributed by atoms with E-state index >= 15 is 0 Å². The van der Waals surface area contributed by atoms with Crippen LogP contribution in [0.4, 0.5) is 23.0 Å². The number of benzene rings is 3. The minimum Gasteiger partial charge on any atom is -0.418 e. The largest absolute Gasteiger partial charge is 0.673 e. The fourth-order valence-electron chi connectivity index (χ4n) is 4.07. The van der Waals surface area contributed by atoms with Crippen molar-refractivity contribution in [2.45, 2.75) is 13.5 Å². The Morgan fingerprint density at radius 2 is 1.55 bits per heavy atom. The van der Waals surface area contributed by atoms with Gasteiger partial charge in [0.1, 0.15) is 0 Å². The smallest absolute Gasteiger partial charge is 0.418 e. The number of hydrogen-bond donors (Lipinski definition) is 0. The summed E-state index contributed by atoms with van der Waals surface area (Å²) in [5, 5.41) is 0.